The summed E-state index contributed by atoms with van der Waals surface area (Å²) >= 11 is 0. The number of carboxylic acid groups (broad SMARTS) is 1. The maximum Gasteiger partial charge on any atom is 0.323 e. The van der Waals surface area contributed by atoms with E-state index in [2.05, 4.69) is 15.0 Å². The molecule has 2 rings (SSSR count). The van der Waals surface area contributed by atoms with Crippen LogP contribution in [-0.2, 0) is 4.79 Å². The third kappa shape index (κ3) is 1.81. The van der Waals surface area contributed by atoms with Crippen LogP contribution in [0.3, 0.4) is 0 Å². The Balaban J connectivity index is 2.49. The number of likely N-dealkylation sites (N-methyl/N-ethyl adjacent to an activating group) is 1. The van der Waals surface area contributed by atoms with Crippen molar-refractivity contribution in [2.75, 3.05) is 18.5 Å². The normalized spacial score (nSPS) is 10.6. The molecule has 0 amide bonds. The summed E-state index contributed by atoms with van der Waals surface area (Å²) in [5.74, 6) is 0.357. The molecule has 2 heterocycles. The number of anilines is 1. The quantitative estimate of drug-likeness (QED) is 0.799. The van der Waals surface area contributed by atoms with Gasteiger partial charge in [0.05, 0.1) is 5.39 Å². The maximum absolute atomic E-state index is 10.6. The molecule has 2 N–H and O–H groups in total. The SMILES string of the molecule is Cc1nc(N(C)CC(=O)O)c2cc[nH]c2n1. The van der Waals surface area contributed by atoms with Gasteiger partial charge in [-0.05, 0) is 13.0 Å². The van der Waals surface area contributed by atoms with Gasteiger partial charge in [-0.15, -0.1) is 0 Å². The van der Waals surface area contributed by atoms with Crippen LogP contribution in [0.1, 0.15) is 5.82 Å². The number of hydrogen-bond donors (Lipinski definition) is 2. The average molecular weight is 220 g/mol. The van der Waals surface area contributed by atoms with Crippen LogP contribution in [0.25, 0.3) is 11.0 Å². The second kappa shape index (κ2) is 3.80. The molecule has 84 valence electrons. The standard InChI is InChI=1S/C10H12N4O2/c1-6-12-9-7(3-4-11-9)10(13-6)14(2)5-8(15)16/h3-4H,5H2,1-2H3,(H,15,16)(H,11,12,13). The van der Waals surface area contributed by atoms with Gasteiger partial charge in [0.2, 0.25) is 0 Å². The molecule has 0 saturated heterocycles. The summed E-state index contributed by atoms with van der Waals surface area (Å²) in [5, 5.41) is 9.57. The lowest BCUT2D eigenvalue weighted by Crippen LogP contribution is -2.26. The molecular weight excluding hydrogens is 208 g/mol. The molecule has 16 heavy (non-hydrogen) atoms. The Morgan fingerprint density at radius 1 is 1.56 bits per heavy atom. The smallest absolute Gasteiger partial charge is 0.323 e. The number of H-pyrrole nitrogens is 1. The maximum atomic E-state index is 10.6. The van der Waals surface area contributed by atoms with Crippen molar-refractivity contribution in [3.63, 3.8) is 0 Å². The van der Waals surface area contributed by atoms with Gasteiger partial charge in [-0.2, -0.15) is 0 Å². The largest absolute Gasteiger partial charge is 0.480 e. The van der Waals surface area contributed by atoms with Gasteiger partial charge in [0.1, 0.15) is 23.8 Å². The molecule has 0 atom stereocenters. The van der Waals surface area contributed by atoms with Crippen molar-refractivity contribution >= 4 is 22.8 Å². The molecule has 0 fully saturated rings. The lowest BCUT2D eigenvalue weighted by molar-refractivity contribution is -0.135. The minimum Gasteiger partial charge on any atom is -0.480 e. The molecule has 0 radical (unpaired) electrons. The van der Waals surface area contributed by atoms with Gasteiger partial charge in [0.25, 0.3) is 0 Å². The summed E-state index contributed by atoms with van der Waals surface area (Å²) in [6, 6.07) is 1.84. The van der Waals surface area contributed by atoms with Gasteiger partial charge in [0, 0.05) is 13.2 Å². The average Bonchev–Trinajstić information content (AvgIpc) is 2.62. The van der Waals surface area contributed by atoms with Crippen molar-refractivity contribution in [1.29, 1.82) is 0 Å². The summed E-state index contributed by atoms with van der Waals surface area (Å²) in [4.78, 5) is 23.7. The molecule has 0 unspecified atom stereocenters. The van der Waals surface area contributed by atoms with Crippen molar-refractivity contribution < 1.29 is 9.90 Å². The molecule has 0 spiro atoms. The van der Waals surface area contributed by atoms with Crippen LogP contribution in [-0.4, -0.2) is 39.6 Å². The van der Waals surface area contributed by atoms with Gasteiger partial charge in [-0.1, -0.05) is 0 Å². The Morgan fingerprint density at radius 2 is 2.31 bits per heavy atom. The molecule has 0 bridgehead atoms. The van der Waals surface area contributed by atoms with E-state index in [9.17, 15) is 4.79 Å². The predicted molar refractivity (Wildman–Crippen MR) is 59.5 cm³/mol. The summed E-state index contributed by atoms with van der Waals surface area (Å²) in [5.41, 5.74) is 0.722. The van der Waals surface area contributed by atoms with E-state index in [0.717, 1.165) is 11.0 Å². The molecule has 0 aliphatic heterocycles. The molecular formula is C10H12N4O2. The number of carboxylic acids is 1. The van der Waals surface area contributed by atoms with Crippen LogP contribution in [0, 0.1) is 6.92 Å². The van der Waals surface area contributed by atoms with Crippen LogP contribution < -0.4 is 4.90 Å². The molecule has 2 aromatic heterocycles. The summed E-state index contributed by atoms with van der Waals surface area (Å²) in [6.07, 6.45) is 1.76. The fraction of sp³-hybridized carbons (Fsp3) is 0.300. The number of fused-ring (bicyclic) bond motifs is 1. The Kier molecular flexibility index (Phi) is 2.47. The van der Waals surface area contributed by atoms with Gasteiger partial charge in [-0.25, -0.2) is 9.97 Å². The number of aromatic amines is 1. The highest BCUT2D eigenvalue weighted by molar-refractivity contribution is 5.89. The lowest BCUT2D eigenvalue weighted by atomic mass is 10.3. The Labute approximate surface area is 91.9 Å². The van der Waals surface area contributed by atoms with Crippen molar-refractivity contribution in [1.82, 2.24) is 15.0 Å². The second-order valence-corrected chi connectivity index (χ2v) is 3.58. The first kappa shape index (κ1) is 10.4. The third-order valence-electron chi connectivity index (χ3n) is 2.24. The molecule has 0 saturated carbocycles. The third-order valence-corrected chi connectivity index (χ3v) is 2.24. The van der Waals surface area contributed by atoms with Crippen LogP contribution in [0.15, 0.2) is 12.3 Å². The monoisotopic (exact) mass is 220 g/mol. The molecule has 0 aliphatic rings. The molecule has 0 aromatic carbocycles. The lowest BCUT2D eigenvalue weighted by Gasteiger charge is -2.16. The number of carbonyl (C=O) groups is 1. The van der Waals surface area contributed by atoms with E-state index in [-0.39, 0.29) is 6.54 Å². The van der Waals surface area contributed by atoms with Crippen LogP contribution in [0.5, 0.6) is 0 Å². The Hall–Kier alpha value is -2.11. The van der Waals surface area contributed by atoms with E-state index in [1.165, 1.54) is 0 Å². The minimum absolute atomic E-state index is 0.0866. The first-order valence-corrected chi connectivity index (χ1v) is 4.82. The summed E-state index contributed by atoms with van der Waals surface area (Å²) in [7, 11) is 1.70. The second-order valence-electron chi connectivity index (χ2n) is 3.58. The van der Waals surface area contributed by atoms with Crippen LogP contribution >= 0.6 is 0 Å². The van der Waals surface area contributed by atoms with E-state index >= 15 is 0 Å². The summed E-state index contributed by atoms with van der Waals surface area (Å²) in [6.45, 7) is 1.69. The van der Waals surface area contributed by atoms with E-state index in [0.29, 0.717) is 11.6 Å². The van der Waals surface area contributed by atoms with Crippen molar-refractivity contribution in [2.45, 2.75) is 6.92 Å². The Morgan fingerprint density at radius 3 is 3.00 bits per heavy atom. The van der Waals surface area contributed by atoms with Gasteiger partial charge >= 0.3 is 5.97 Å². The van der Waals surface area contributed by atoms with E-state index in [1.807, 2.05) is 6.07 Å². The topological polar surface area (TPSA) is 82.1 Å². The van der Waals surface area contributed by atoms with Crippen LogP contribution in [0.4, 0.5) is 5.82 Å². The number of rotatable bonds is 3. The molecule has 0 aliphatic carbocycles. The van der Waals surface area contributed by atoms with Crippen molar-refractivity contribution in [3.8, 4) is 0 Å². The summed E-state index contributed by atoms with van der Waals surface area (Å²) < 4.78 is 0. The van der Waals surface area contributed by atoms with E-state index in [1.54, 1.807) is 25.1 Å². The highest BCUT2D eigenvalue weighted by Crippen LogP contribution is 2.21. The fourth-order valence-electron chi connectivity index (χ4n) is 1.60. The number of aromatic nitrogens is 3. The number of aliphatic carboxylic acids is 1. The zero-order chi connectivity index (χ0) is 11.7. The number of nitrogens with zero attached hydrogens (tertiary/aromatic N) is 3. The zero-order valence-electron chi connectivity index (χ0n) is 9.06. The van der Waals surface area contributed by atoms with E-state index < -0.39 is 5.97 Å². The number of aryl methyl sites for hydroxylation is 1. The zero-order valence-corrected chi connectivity index (χ0v) is 9.06. The first-order valence-electron chi connectivity index (χ1n) is 4.82. The molecule has 2 aromatic rings. The van der Waals surface area contributed by atoms with E-state index in [4.69, 9.17) is 5.11 Å². The molecule has 6 heteroatoms. The van der Waals surface area contributed by atoms with Crippen molar-refractivity contribution in [3.05, 3.63) is 18.1 Å². The first-order chi connectivity index (χ1) is 7.58. The highest BCUT2D eigenvalue weighted by Gasteiger charge is 2.12. The minimum atomic E-state index is -0.887. The van der Waals surface area contributed by atoms with Crippen molar-refractivity contribution in [2.24, 2.45) is 0 Å². The number of nitrogens with one attached hydrogen (secondary N) is 1. The Bertz CT molecular complexity index is 535. The molecule has 6 nitrogen and oxygen atoms in total. The fourth-order valence-corrected chi connectivity index (χ4v) is 1.60. The van der Waals surface area contributed by atoms with Gasteiger partial charge in [0.15, 0.2) is 0 Å². The highest BCUT2D eigenvalue weighted by atomic mass is 16.4. The van der Waals surface area contributed by atoms with Crippen LogP contribution in [0.2, 0.25) is 0 Å². The number of hydrogen-bond acceptors (Lipinski definition) is 4. The van der Waals surface area contributed by atoms with Gasteiger partial charge in [-0.3, -0.25) is 4.79 Å². The predicted octanol–water partition coefficient (Wildman–Crippen LogP) is 0.787. The van der Waals surface area contributed by atoms with Gasteiger partial charge < -0.3 is 15.0 Å².